The maximum atomic E-state index is 12.4. The molecule has 0 saturated heterocycles. The lowest BCUT2D eigenvalue weighted by Gasteiger charge is -2.20. The van der Waals surface area contributed by atoms with Crippen LogP contribution in [0, 0.1) is 5.92 Å². The minimum atomic E-state index is -0.308. The molecule has 2 atom stereocenters. The van der Waals surface area contributed by atoms with Gasteiger partial charge in [0, 0.05) is 11.7 Å². The maximum Gasteiger partial charge on any atom is 0.229 e. The summed E-state index contributed by atoms with van der Waals surface area (Å²) in [6, 6.07) is 17.4. The van der Waals surface area contributed by atoms with Crippen molar-refractivity contribution < 1.29 is 4.79 Å². The van der Waals surface area contributed by atoms with E-state index < -0.39 is 0 Å². The number of thioether (sulfide) groups is 1. The minimum absolute atomic E-state index is 0. The smallest absolute Gasteiger partial charge is 0.229 e. The van der Waals surface area contributed by atoms with Crippen LogP contribution >= 0.6 is 24.2 Å². The zero-order valence-electron chi connectivity index (χ0n) is 14.1. The van der Waals surface area contributed by atoms with Crippen molar-refractivity contribution in [3.8, 4) is 0 Å². The van der Waals surface area contributed by atoms with Crippen LogP contribution in [0.25, 0.3) is 0 Å². The van der Waals surface area contributed by atoms with E-state index >= 15 is 0 Å². The largest absolute Gasteiger partial charge is 0.326 e. The number of nitrogens with two attached hydrogens (primary N) is 1. The van der Waals surface area contributed by atoms with Gasteiger partial charge in [0.2, 0.25) is 5.91 Å². The van der Waals surface area contributed by atoms with Gasteiger partial charge in [-0.15, -0.1) is 12.4 Å². The first-order valence-electron chi connectivity index (χ1n) is 7.81. The number of benzene rings is 2. The van der Waals surface area contributed by atoms with Crippen molar-refractivity contribution in [3.05, 3.63) is 65.7 Å². The van der Waals surface area contributed by atoms with Crippen molar-refractivity contribution in [1.29, 1.82) is 0 Å². The van der Waals surface area contributed by atoms with Gasteiger partial charge in [-0.2, -0.15) is 11.8 Å². The molecule has 0 aliphatic carbocycles. The molecule has 0 aliphatic heterocycles. The van der Waals surface area contributed by atoms with E-state index in [9.17, 15) is 4.79 Å². The average Bonchev–Trinajstić information content (AvgIpc) is 2.60. The van der Waals surface area contributed by atoms with Crippen LogP contribution in [0.4, 0.5) is 5.69 Å². The molecule has 3 nitrogen and oxygen atoms in total. The Morgan fingerprint density at radius 2 is 1.75 bits per heavy atom. The number of nitrogens with one attached hydrogen (secondary N) is 1. The molecule has 2 rings (SSSR count). The highest BCUT2D eigenvalue weighted by Crippen LogP contribution is 2.21. The fourth-order valence-corrected chi connectivity index (χ4v) is 2.80. The first-order chi connectivity index (χ1) is 11.1. The number of amides is 1. The molecule has 3 N–H and O–H groups in total. The number of hydrogen-bond donors (Lipinski definition) is 2. The zero-order valence-corrected chi connectivity index (χ0v) is 15.7. The Hall–Kier alpha value is -1.49. The molecule has 0 saturated carbocycles. The molecular formula is C19H25ClN2OS. The van der Waals surface area contributed by atoms with E-state index in [1.165, 1.54) is 5.56 Å². The zero-order chi connectivity index (χ0) is 16.7. The summed E-state index contributed by atoms with van der Waals surface area (Å²) in [6.07, 6.45) is 3.15. The Morgan fingerprint density at radius 3 is 2.33 bits per heavy atom. The van der Waals surface area contributed by atoms with E-state index in [2.05, 4.69) is 23.7 Å². The van der Waals surface area contributed by atoms with Crippen molar-refractivity contribution in [2.24, 2.45) is 11.7 Å². The molecule has 2 aromatic carbocycles. The van der Waals surface area contributed by atoms with Gasteiger partial charge in [0.05, 0.1) is 5.92 Å². The molecule has 24 heavy (non-hydrogen) atoms. The van der Waals surface area contributed by atoms with Crippen molar-refractivity contribution in [2.45, 2.75) is 19.4 Å². The third kappa shape index (κ3) is 5.86. The van der Waals surface area contributed by atoms with Crippen LogP contribution in [0.1, 0.15) is 24.1 Å². The molecule has 1 amide bonds. The Balaban J connectivity index is 0.00000288. The van der Waals surface area contributed by atoms with Gasteiger partial charge in [0.15, 0.2) is 0 Å². The van der Waals surface area contributed by atoms with Crippen LogP contribution in [0.2, 0.25) is 0 Å². The highest BCUT2D eigenvalue weighted by molar-refractivity contribution is 7.98. The van der Waals surface area contributed by atoms with Crippen LogP contribution in [0.15, 0.2) is 54.6 Å². The van der Waals surface area contributed by atoms with E-state index in [-0.39, 0.29) is 30.3 Å². The predicted octanol–water partition coefficient (Wildman–Crippen LogP) is 4.29. The SMILES string of the molecule is CSCCc1ccc(NC(=O)C(C)C(N)c2ccccc2)cc1.Cl. The van der Waals surface area contributed by atoms with E-state index in [1.807, 2.05) is 61.2 Å². The molecule has 0 aromatic heterocycles. The van der Waals surface area contributed by atoms with Crippen LogP contribution in [-0.4, -0.2) is 17.9 Å². The first-order valence-corrected chi connectivity index (χ1v) is 9.20. The molecule has 0 radical (unpaired) electrons. The molecule has 0 spiro atoms. The monoisotopic (exact) mass is 364 g/mol. The number of anilines is 1. The highest BCUT2D eigenvalue weighted by atomic mass is 35.5. The highest BCUT2D eigenvalue weighted by Gasteiger charge is 2.22. The van der Waals surface area contributed by atoms with E-state index in [4.69, 9.17) is 5.73 Å². The van der Waals surface area contributed by atoms with Gasteiger partial charge in [-0.3, -0.25) is 4.79 Å². The maximum absolute atomic E-state index is 12.4. The second-order valence-corrected chi connectivity index (χ2v) is 6.64. The van der Waals surface area contributed by atoms with E-state index in [1.54, 1.807) is 0 Å². The average molecular weight is 365 g/mol. The number of rotatable bonds is 7. The van der Waals surface area contributed by atoms with Gasteiger partial charge in [0.1, 0.15) is 0 Å². The topological polar surface area (TPSA) is 55.1 Å². The van der Waals surface area contributed by atoms with Crippen molar-refractivity contribution >= 4 is 35.8 Å². The summed E-state index contributed by atoms with van der Waals surface area (Å²) in [7, 11) is 0. The van der Waals surface area contributed by atoms with E-state index in [0.717, 1.165) is 23.4 Å². The van der Waals surface area contributed by atoms with Crippen molar-refractivity contribution in [1.82, 2.24) is 0 Å². The Bertz CT molecular complexity index is 619. The van der Waals surface area contributed by atoms with Gasteiger partial charge in [-0.1, -0.05) is 49.4 Å². The lowest BCUT2D eigenvalue weighted by molar-refractivity contribution is -0.120. The minimum Gasteiger partial charge on any atom is -0.326 e. The number of carbonyl (C=O) groups is 1. The third-order valence-electron chi connectivity index (χ3n) is 3.95. The van der Waals surface area contributed by atoms with Crippen LogP contribution < -0.4 is 11.1 Å². The Labute approximate surface area is 154 Å². The Morgan fingerprint density at radius 1 is 1.12 bits per heavy atom. The van der Waals surface area contributed by atoms with Gasteiger partial charge in [-0.25, -0.2) is 0 Å². The Kier molecular flexibility index (Phi) is 8.90. The van der Waals surface area contributed by atoms with Crippen LogP contribution in [0.3, 0.4) is 0 Å². The number of hydrogen-bond acceptors (Lipinski definition) is 3. The normalized spacial score (nSPS) is 12.8. The molecule has 0 fully saturated rings. The van der Waals surface area contributed by atoms with Gasteiger partial charge >= 0.3 is 0 Å². The van der Waals surface area contributed by atoms with Crippen molar-refractivity contribution in [3.63, 3.8) is 0 Å². The molecule has 0 heterocycles. The predicted molar refractivity (Wildman–Crippen MR) is 107 cm³/mol. The van der Waals surface area contributed by atoms with Gasteiger partial charge in [-0.05, 0) is 41.7 Å². The summed E-state index contributed by atoms with van der Waals surface area (Å²) in [5.41, 5.74) is 9.28. The first kappa shape index (κ1) is 20.6. The molecule has 0 bridgehead atoms. The fourth-order valence-electron chi connectivity index (χ4n) is 2.36. The second kappa shape index (κ2) is 10.4. The molecule has 2 aromatic rings. The number of carbonyl (C=O) groups excluding carboxylic acids is 1. The molecule has 2 unspecified atom stereocenters. The number of aryl methyl sites for hydroxylation is 1. The standard InChI is InChI=1S/C19H24N2OS.ClH/c1-14(18(20)16-6-4-3-5-7-16)19(22)21-17-10-8-15(9-11-17)12-13-23-2;/h3-11,14,18H,12-13,20H2,1-2H3,(H,21,22);1H. The van der Waals surface area contributed by atoms with Crippen LogP contribution in [0.5, 0.6) is 0 Å². The fraction of sp³-hybridized carbons (Fsp3) is 0.316. The van der Waals surface area contributed by atoms with Gasteiger partial charge < -0.3 is 11.1 Å². The summed E-state index contributed by atoms with van der Waals surface area (Å²) in [4.78, 5) is 12.4. The lowest BCUT2D eigenvalue weighted by Crippen LogP contribution is -2.30. The third-order valence-corrected chi connectivity index (χ3v) is 4.57. The summed E-state index contributed by atoms with van der Waals surface area (Å²) < 4.78 is 0. The summed E-state index contributed by atoms with van der Waals surface area (Å²) in [5, 5.41) is 2.95. The van der Waals surface area contributed by atoms with Crippen LogP contribution in [-0.2, 0) is 11.2 Å². The summed E-state index contributed by atoms with van der Waals surface area (Å²) in [6.45, 7) is 1.86. The summed E-state index contributed by atoms with van der Waals surface area (Å²) >= 11 is 1.83. The molecule has 5 heteroatoms. The van der Waals surface area contributed by atoms with E-state index in [0.29, 0.717) is 0 Å². The summed E-state index contributed by atoms with van der Waals surface area (Å²) in [5.74, 6) is 0.751. The van der Waals surface area contributed by atoms with Crippen molar-refractivity contribution in [2.75, 3.05) is 17.3 Å². The quantitative estimate of drug-likeness (QED) is 0.770. The molecule has 0 aliphatic rings. The molecule has 130 valence electrons. The van der Waals surface area contributed by atoms with Gasteiger partial charge in [0.25, 0.3) is 0 Å². The molecular weight excluding hydrogens is 340 g/mol. The number of halogens is 1. The second-order valence-electron chi connectivity index (χ2n) is 5.65. The lowest BCUT2D eigenvalue weighted by atomic mass is 9.94.